The Labute approximate surface area is 173 Å². The van der Waals surface area contributed by atoms with Crippen LogP contribution < -0.4 is 10.1 Å². The van der Waals surface area contributed by atoms with Crippen LogP contribution in [0.5, 0.6) is 11.5 Å². The van der Waals surface area contributed by atoms with Crippen molar-refractivity contribution < 1.29 is 29.3 Å². The van der Waals surface area contributed by atoms with Crippen molar-refractivity contribution in [2.75, 3.05) is 20.2 Å². The van der Waals surface area contributed by atoms with Crippen molar-refractivity contribution >= 4 is 23.4 Å². The largest absolute Gasteiger partial charge is 0.507 e. The minimum Gasteiger partial charge on any atom is -0.507 e. The molecule has 0 aromatic heterocycles. The van der Waals surface area contributed by atoms with Gasteiger partial charge in [-0.2, -0.15) is 0 Å². The Kier molecular flexibility index (Phi) is 6.06. The van der Waals surface area contributed by atoms with Crippen LogP contribution in [0.15, 0.2) is 54.1 Å². The van der Waals surface area contributed by atoms with E-state index in [4.69, 9.17) is 4.74 Å². The highest BCUT2D eigenvalue weighted by Gasteiger charge is 2.46. The van der Waals surface area contributed by atoms with Crippen LogP contribution in [0.25, 0.3) is 5.76 Å². The topological polar surface area (TPSA) is 116 Å². The number of methoxy groups -OCH3 is 1. The zero-order valence-electron chi connectivity index (χ0n) is 16.6. The molecule has 0 bridgehead atoms. The fourth-order valence-electron chi connectivity index (χ4n) is 3.43. The molecule has 156 valence electrons. The molecule has 0 unspecified atom stereocenters. The van der Waals surface area contributed by atoms with Crippen molar-refractivity contribution in [1.29, 1.82) is 0 Å². The van der Waals surface area contributed by atoms with Crippen molar-refractivity contribution in [2.45, 2.75) is 13.0 Å². The molecule has 8 heteroatoms. The lowest BCUT2D eigenvalue weighted by atomic mass is 9.95. The van der Waals surface area contributed by atoms with E-state index in [2.05, 4.69) is 5.32 Å². The first-order valence-electron chi connectivity index (χ1n) is 9.30. The first kappa shape index (κ1) is 20.9. The second-order valence-electron chi connectivity index (χ2n) is 6.77. The molecule has 8 nitrogen and oxygen atoms in total. The van der Waals surface area contributed by atoms with Crippen LogP contribution in [0.1, 0.15) is 24.1 Å². The maximum atomic E-state index is 12.9. The number of phenolic OH excluding ortho intramolecular Hbond substituents is 1. The zero-order valence-corrected chi connectivity index (χ0v) is 16.6. The second kappa shape index (κ2) is 8.69. The van der Waals surface area contributed by atoms with Crippen molar-refractivity contribution in [1.82, 2.24) is 10.2 Å². The summed E-state index contributed by atoms with van der Waals surface area (Å²) in [6, 6.07) is 12.0. The number of hydrogen-bond acceptors (Lipinski definition) is 6. The highest BCUT2D eigenvalue weighted by Crippen LogP contribution is 2.41. The molecule has 0 radical (unpaired) electrons. The first-order chi connectivity index (χ1) is 14.3. The molecule has 0 aliphatic carbocycles. The van der Waals surface area contributed by atoms with E-state index >= 15 is 0 Å². The summed E-state index contributed by atoms with van der Waals surface area (Å²) in [5, 5.41) is 23.4. The minimum atomic E-state index is -0.909. The number of aliphatic hydroxyl groups excluding tert-OH is 1. The number of aliphatic hydroxyl groups is 1. The predicted molar refractivity (Wildman–Crippen MR) is 109 cm³/mol. The number of rotatable bonds is 6. The fraction of sp³-hybridized carbons (Fsp3) is 0.227. The summed E-state index contributed by atoms with van der Waals surface area (Å²) in [5.41, 5.74) is 0.805. The average molecular weight is 410 g/mol. The summed E-state index contributed by atoms with van der Waals surface area (Å²) in [7, 11) is 1.39. The number of hydrogen-bond donors (Lipinski definition) is 3. The lowest BCUT2D eigenvalue weighted by Crippen LogP contribution is -2.37. The Balaban J connectivity index is 2.13. The Morgan fingerprint density at radius 1 is 1.17 bits per heavy atom. The van der Waals surface area contributed by atoms with Crippen LogP contribution in [0.4, 0.5) is 0 Å². The molecule has 1 aliphatic rings. The number of carbonyl (C=O) groups excluding carboxylic acids is 3. The van der Waals surface area contributed by atoms with Crippen molar-refractivity contribution in [3.8, 4) is 11.5 Å². The van der Waals surface area contributed by atoms with E-state index in [9.17, 15) is 24.6 Å². The number of aromatic hydroxyl groups is 1. The number of nitrogens with zero attached hydrogens (tertiary/aromatic N) is 1. The molecule has 1 aliphatic heterocycles. The maximum absolute atomic E-state index is 12.9. The van der Waals surface area contributed by atoms with E-state index in [-0.39, 0.29) is 41.8 Å². The third-order valence-corrected chi connectivity index (χ3v) is 4.83. The van der Waals surface area contributed by atoms with Crippen molar-refractivity contribution in [3.05, 3.63) is 65.2 Å². The summed E-state index contributed by atoms with van der Waals surface area (Å²) in [6.45, 7) is 1.55. The van der Waals surface area contributed by atoms with Crippen LogP contribution in [0.2, 0.25) is 0 Å². The second-order valence-corrected chi connectivity index (χ2v) is 6.77. The van der Waals surface area contributed by atoms with Crippen LogP contribution in [-0.2, 0) is 14.4 Å². The summed E-state index contributed by atoms with van der Waals surface area (Å²) in [4.78, 5) is 38.1. The van der Waals surface area contributed by atoms with Gasteiger partial charge in [-0.15, -0.1) is 0 Å². The van der Waals surface area contributed by atoms with Gasteiger partial charge in [0.1, 0.15) is 5.76 Å². The van der Waals surface area contributed by atoms with Gasteiger partial charge in [0, 0.05) is 25.6 Å². The van der Waals surface area contributed by atoms with Crippen LogP contribution in [0, 0.1) is 0 Å². The molecular formula is C22H22N2O6. The maximum Gasteiger partial charge on any atom is 0.295 e. The molecule has 2 amide bonds. The van der Waals surface area contributed by atoms with Crippen molar-refractivity contribution in [3.63, 3.8) is 0 Å². The van der Waals surface area contributed by atoms with Gasteiger partial charge < -0.3 is 25.2 Å². The third kappa shape index (κ3) is 3.98. The van der Waals surface area contributed by atoms with Crippen LogP contribution >= 0.6 is 0 Å². The van der Waals surface area contributed by atoms with Gasteiger partial charge in [0.2, 0.25) is 5.91 Å². The number of phenols is 1. The van der Waals surface area contributed by atoms with Crippen molar-refractivity contribution in [2.24, 2.45) is 0 Å². The standard InChI is InChI=1S/C22H22N2O6/c1-13(25)23-10-11-24-19(15-8-9-16(26)17(12-15)30-2)18(21(28)22(24)29)20(27)14-6-4-3-5-7-14/h3-9,12,19,26-27H,10-11H2,1-2H3,(H,23,25)/t19-/m0/s1. The number of benzene rings is 2. The van der Waals surface area contributed by atoms with Gasteiger partial charge in [-0.3, -0.25) is 14.4 Å². The normalized spacial score (nSPS) is 17.8. The van der Waals surface area contributed by atoms with E-state index in [0.29, 0.717) is 11.1 Å². The highest BCUT2D eigenvalue weighted by molar-refractivity contribution is 6.46. The summed E-state index contributed by atoms with van der Waals surface area (Å²) < 4.78 is 5.15. The average Bonchev–Trinajstić information content (AvgIpc) is 2.99. The number of ether oxygens (including phenoxy) is 1. The number of amides is 2. The molecule has 3 N–H and O–H groups in total. The van der Waals surface area contributed by atoms with Gasteiger partial charge in [-0.05, 0) is 17.7 Å². The Morgan fingerprint density at radius 3 is 2.50 bits per heavy atom. The Hall–Kier alpha value is -3.81. The first-order valence-corrected chi connectivity index (χ1v) is 9.30. The smallest absolute Gasteiger partial charge is 0.295 e. The SMILES string of the molecule is COc1cc([C@H]2C(=C(O)c3ccccc3)C(=O)C(=O)N2CCNC(C)=O)ccc1O. The van der Waals surface area contributed by atoms with Gasteiger partial charge in [-0.1, -0.05) is 36.4 Å². The Bertz CT molecular complexity index is 1020. The molecule has 0 saturated carbocycles. The van der Waals surface area contributed by atoms with Crippen LogP contribution in [-0.4, -0.2) is 52.9 Å². The van der Waals surface area contributed by atoms with E-state index in [0.717, 1.165) is 0 Å². The molecule has 30 heavy (non-hydrogen) atoms. The predicted octanol–water partition coefficient (Wildman–Crippen LogP) is 1.96. The van der Waals surface area contributed by atoms with Gasteiger partial charge >= 0.3 is 0 Å². The van der Waals surface area contributed by atoms with Gasteiger partial charge in [-0.25, -0.2) is 0 Å². The van der Waals surface area contributed by atoms with E-state index in [1.165, 1.54) is 31.1 Å². The lowest BCUT2D eigenvalue weighted by Gasteiger charge is -2.25. The van der Waals surface area contributed by atoms with Gasteiger partial charge in [0.15, 0.2) is 11.5 Å². The minimum absolute atomic E-state index is 0.0591. The Morgan fingerprint density at radius 2 is 1.87 bits per heavy atom. The molecule has 3 rings (SSSR count). The summed E-state index contributed by atoms with van der Waals surface area (Å²) in [6.07, 6.45) is 0. The van der Waals surface area contributed by atoms with E-state index < -0.39 is 17.7 Å². The van der Waals surface area contributed by atoms with E-state index in [1.54, 1.807) is 36.4 Å². The van der Waals surface area contributed by atoms with E-state index in [1.807, 2.05) is 0 Å². The molecular weight excluding hydrogens is 388 g/mol. The summed E-state index contributed by atoms with van der Waals surface area (Å²) in [5.74, 6) is -2.10. The van der Waals surface area contributed by atoms with Crippen LogP contribution in [0.3, 0.4) is 0 Å². The molecule has 2 aromatic rings. The number of ketones is 1. The number of carbonyl (C=O) groups is 3. The molecule has 1 fully saturated rings. The van der Waals surface area contributed by atoms with Gasteiger partial charge in [0.05, 0.1) is 18.7 Å². The molecule has 2 aromatic carbocycles. The zero-order chi connectivity index (χ0) is 21.8. The number of Topliss-reactive ketones (excluding diaryl/α,β-unsaturated/α-hetero) is 1. The molecule has 0 spiro atoms. The molecule has 1 heterocycles. The van der Waals surface area contributed by atoms with Gasteiger partial charge in [0.25, 0.3) is 11.7 Å². The molecule has 1 saturated heterocycles. The number of nitrogens with one attached hydrogen (secondary N) is 1. The number of likely N-dealkylation sites (tertiary alicyclic amines) is 1. The fourth-order valence-corrected chi connectivity index (χ4v) is 3.43. The summed E-state index contributed by atoms with van der Waals surface area (Å²) >= 11 is 0. The lowest BCUT2D eigenvalue weighted by molar-refractivity contribution is -0.140. The quantitative estimate of drug-likeness (QED) is 0.381. The monoisotopic (exact) mass is 410 g/mol. The molecule has 1 atom stereocenters. The highest BCUT2D eigenvalue weighted by atomic mass is 16.5. The third-order valence-electron chi connectivity index (χ3n) is 4.83.